The number of rotatable bonds is 3. The van der Waals surface area contributed by atoms with Crippen LogP contribution in [-0.2, 0) is 9.47 Å². The molecule has 1 rings (SSSR count). The fraction of sp³-hybridized carbons (Fsp3) is 0.867. The number of amides is 2. The molecule has 1 fully saturated rings. The minimum atomic E-state index is -0.733. The number of hydrogen-bond acceptors (Lipinski definition) is 4. The first kappa shape index (κ1) is 17.6. The highest BCUT2D eigenvalue weighted by molar-refractivity contribution is 5.75. The lowest BCUT2D eigenvalue weighted by molar-refractivity contribution is -0.133. The predicted molar refractivity (Wildman–Crippen MR) is 79.9 cm³/mol. The van der Waals surface area contributed by atoms with Gasteiger partial charge in [0.1, 0.15) is 5.60 Å². The number of hydrogen-bond donors (Lipinski definition) is 0. The summed E-state index contributed by atoms with van der Waals surface area (Å²) in [5.74, 6) is 0. The average Bonchev–Trinajstić information content (AvgIpc) is 2.37. The van der Waals surface area contributed by atoms with Gasteiger partial charge in [-0.2, -0.15) is 0 Å². The molecule has 1 atom stereocenters. The topological polar surface area (TPSA) is 59.1 Å². The van der Waals surface area contributed by atoms with Crippen LogP contribution in [-0.4, -0.2) is 54.5 Å². The van der Waals surface area contributed by atoms with E-state index in [9.17, 15) is 9.59 Å². The van der Waals surface area contributed by atoms with Crippen molar-refractivity contribution in [3.05, 3.63) is 0 Å². The van der Waals surface area contributed by atoms with Gasteiger partial charge in [-0.3, -0.25) is 4.90 Å². The van der Waals surface area contributed by atoms with Crippen LogP contribution in [0.2, 0.25) is 0 Å². The molecule has 0 spiro atoms. The van der Waals surface area contributed by atoms with E-state index in [1.54, 1.807) is 39.8 Å². The van der Waals surface area contributed by atoms with Crippen molar-refractivity contribution in [1.29, 1.82) is 0 Å². The minimum absolute atomic E-state index is 0.152. The Morgan fingerprint density at radius 2 is 1.81 bits per heavy atom. The Kier molecular flexibility index (Phi) is 5.12. The van der Waals surface area contributed by atoms with E-state index < -0.39 is 18.0 Å². The molecule has 1 aliphatic heterocycles. The zero-order chi connectivity index (χ0) is 16.4. The largest absolute Gasteiger partial charge is 0.510 e. The lowest BCUT2D eigenvalue weighted by atomic mass is 9.78. The second-order valence-electron chi connectivity index (χ2n) is 6.75. The first-order chi connectivity index (χ1) is 9.56. The van der Waals surface area contributed by atoms with Gasteiger partial charge in [0, 0.05) is 26.1 Å². The maximum atomic E-state index is 12.1. The second-order valence-corrected chi connectivity index (χ2v) is 6.75. The van der Waals surface area contributed by atoms with Crippen molar-refractivity contribution in [2.45, 2.75) is 59.3 Å². The molecule has 0 N–H and O–H groups in total. The molecule has 0 saturated carbocycles. The summed E-state index contributed by atoms with van der Waals surface area (Å²) >= 11 is 0. The SMILES string of the molecule is CCC1(CC)CN(C)C(=O)N(C)C1OC(=O)OC(C)(C)C. The molecule has 1 saturated heterocycles. The van der Waals surface area contributed by atoms with E-state index in [1.807, 2.05) is 13.8 Å². The third-order valence-corrected chi connectivity index (χ3v) is 4.06. The number of ether oxygens (including phenoxy) is 2. The highest BCUT2D eigenvalue weighted by Crippen LogP contribution is 2.38. The summed E-state index contributed by atoms with van der Waals surface area (Å²) in [7, 11) is 3.43. The molecule has 0 radical (unpaired) electrons. The van der Waals surface area contributed by atoms with Crippen LogP contribution in [0.3, 0.4) is 0 Å². The summed E-state index contributed by atoms with van der Waals surface area (Å²) in [5.41, 5.74) is -0.902. The molecule has 2 amide bonds. The van der Waals surface area contributed by atoms with Crippen molar-refractivity contribution < 1.29 is 19.1 Å². The summed E-state index contributed by atoms with van der Waals surface area (Å²) in [6.45, 7) is 10.0. The molecule has 1 aliphatic rings. The van der Waals surface area contributed by atoms with Crippen LogP contribution in [0.4, 0.5) is 9.59 Å². The molecule has 0 aromatic carbocycles. The molecule has 1 unspecified atom stereocenters. The Bertz CT molecular complexity index is 399. The maximum Gasteiger partial charge on any atom is 0.510 e. The van der Waals surface area contributed by atoms with E-state index in [1.165, 1.54) is 4.90 Å². The number of urea groups is 1. The minimum Gasteiger partial charge on any atom is -0.429 e. The zero-order valence-electron chi connectivity index (χ0n) is 14.2. The standard InChI is InChI=1S/C15H28N2O4/c1-8-15(9-2)10-16(6)12(18)17(7)11(15)20-13(19)21-14(3,4)5/h11H,8-10H2,1-7H3. The molecule has 122 valence electrons. The molecule has 0 aliphatic carbocycles. The van der Waals surface area contributed by atoms with Crippen molar-refractivity contribution in [3.8, 4) is 0 Å². The Hall–Kier alpha value is -1.46. The van der Waals surface area contributed by atoms with E-state index in [0.29, 0.717) is 6.54 Å². The van der Waals surface area contributed by atoms with E-state index in [-0.39, 0.29) is 11.4 Å². The van der Waals surface area contributed by atoms with Gasteiger partial charge in [0.25, 0.3) is 0 Å². The van der Waals surface area contributed by atoms with Crippen molar-refractivity contribution in [1.82, 2.24) is 9.80 Å². The van der Waals surface area contributed by atoms with Crippen LogP contribution in [0.1, 0.15) is 47.5 Å². The van der Waals surface area contributed by atoms with Gasteiger partial charge in [-0.15, -0.1) is 0 Å². The van der Waals surface area contributed by atoms with Gasteiger partial charge in [-0.05, 0) is 33.6 Å². The second kappa shape index (κ2) is 6.12. The third-order valence-electron chi connectivity index (χ3n) is 4.06. The highest BCUT2D eigenvalue weighted by atomic mass is 16.7. The maximum absolute atomic E-state index is 12.1. The Morgan fingerprint density at radius 3 is 2.24 bits per heavy atom. The van der Waals surface area contributed by atoms with Gasteiger partial charge in [-0.25, -0.2) is 9.59 Å². The first-order valence-electron chi connectivity index (χ1n) is 7.44. The fourth-order valence-electron chi connectivity index (χ4n) is 2.79. The molecule has 6 nitrogen and oxygen atoms in total. The molecule has 21 heavy (non-hydrogen) atoms. The zero-order valence-corrected chi connectivity index (χ0v) is 14.2. The molecule has 6 heteroatoms. The summed E-state index contributed by atoms with van der Waals surface area (Å²) in [6, 6.07) is -0.152. The fourth-order valence-corrected chi connectivity index (χ4v) is 2.79. The van der Waals surface area contributed by atoms with E-state index in [2.05, 4.69) is 0 Å². The van der Waals surface area contributed by atoms with Gasteiger partial charge >= 0.3 is 12.2 Å². The van der Waals surface area contributed by atoms with Gasteiger partial charge in [0.2, 0.25) is 0 Å². The summed E-state index contributed by atoms with van der Waals surface area (Å²) in [6.07, 6.45) is 0.270. The first-order valence-corrected chi connectivity index (χ1v) is 7.44. The van der Waals surface area contributed by atoms with E-state index in [0.717, 1.165) is 12.8 Å². The van der Waals surface area contributed by atoms with Crippen molar-refractivity contribution >= 4 is 12.2 Å². The summed E-state index contributed by atoms with van der Waals surface area (Å²) < 4.78 is 10.7. The Labute approximate surface area is 127 Å². The van der Waals surface area contributed by atoms with Crippen LogP contribution in [0.5, 0.6) is 0 Å². The van der Waals surface area contributed by atoms with E-state index >= 15 is 0 Å². The smallest absolute Gasteiger partial charge is 0.429 e. The molecule has 1 heterocycles. The lowest BCUT2D eigenvalue weighted by Gasteiger charge is -2.49. The van der Waals surface area contributed by atoms with Crippen molar-refractivity contribution in [3.63, 3.8) is 0 Å². The highest BCUT2D eigenvalue weighted by Gasteiger charge is 2.49. The average molecular weight is 300 g/mol. The third kappa shape index (κ3) is 3.80. The van der Waals surface area contributed by atoms with Crippen molar-refractivity contribution in [2.75, 3.05) is 20.6 Å². The Balaban J connectivity index is 2.97. The molecular formula is C15H28N2O4. The number of carbonyl (C=O) groups is 2. The predicted octanol–water partition coefficient (Wildman–Crippen LogP) is 3.07. The van der Waals surface area contributed by atoms with Gasteiger partial charge in [0.15, 0.2) is 6.23 Å². The monoisotopic (exact) mass is 300 g/mol. The van der Waals surface area contributed by atoms with Gasteiger partial charge < -0.3 is 14.4 Å². The summed E-state index contributed by atoms with van der Waals surface area (Å²) in [4.78, 5) is 27.3. The van der Waals surface area contributed by atoms with Crippen LogP contribution in [0.25, 0.3) is 0 Å². The van der Waals surface area contributed by atoms with E-state index in [4.69, 9.17) is 9.47 Å². The van der Waals surface area contributed by atoms with Gasteiger partial charge in [-0.1, -0.05) is 13.8 Å². The quantitative estimate of drug-likeness (QED) is 0.752. The normalized spacial score (nSPS) is 22.2. The number of nitrogens with zero attached hydrogens (tertiary/aromatic N) is 2. The van der Waals surface area contributed by atoms with Crippen LogP contribution < -0.4 is 0 Å². The molecular weight excluding hydrogens is 272 g/mol. The summed E-state index contributed by atoms with van der Waals surface area (Å²) in [5, 5.41) is 0. The van der Waals surface area contributed by atoms with Gasteiger partial charge in [0.05, 0.1) is 0 Å². The number of carbonyl (C=O) groups excluding carboxylic acids is 2. The molecule has 0 bridgehead atoms. The van der Waals surface area contributed by atoms with Crippen molar-refractivity contribution in [2.24, 2.45) is 5.41 Å². The Morgan fingerprint density at radius 1 is 1.29 bits per heavy atom. The lowest BCUT2D eigenvalue weighted by Crippen LogP contribution is -2.63. The molecule has 0 aromatic rings. The molecule has 0 aromatic heterocycles. The van der Waals surface area contributed by atoms with Crippen LogP contribution in [0.15, 0.2) is 0 Å². The van der Waals surface area contributed by atoms with Crippen LogP contribution >= 0.6 is 0 Å². The van der Waals surface area contributed by atoms with Crippen LogP contribution in [0, 0.1) is 5.41 Å².